The van der Waals surface area contributed by atoms with Gasteiger partial charge in [0.2, 0.25) is 15.9 Å². The average molecular weight is 425 g/mol. The number of nitriles is 1. The molecule has 0 atom stereocenters. The summed E-state index contributed by atoms with van der Waals surface area (Å²) in [7, 11) is -3.61. The van der Waals surface area contributed by atoms with Crippen molar-refractivity contribution >= 4 is 27.3 Å². The van der Waals surface area contributed by atoms with Gasteiger partial charge < -0.3 is 9.80 Å². The first-order valence-electron chi connectivity index (χ1n) is 10.1. The SMILES string of the molecule is N#Cc1ccc(N2CCC(NS(=O)(=O)c3ccc(N4CCCC4=O)cc3)CC2)cc1. The first kappa shape index (κ1) is 20.4. The molecule has 8 heteroatoms. The minimum absolute atomic E-state index is 0.0813. The van der Waals surface area contributed by atoms with Crippen LogP contribution in [0.25, 0.3) is 0 Å². The Labute approximate surface area is 177 Å². The summed E-state index contributed by atoms with van der Waals surface area (Å²) in [6, 6.07) is 16.0. The summed E-state index contributed by atoms with van der Waals surface area (Å²) >= 11 is 0. The molecular formula is C22H24N4O3S. The number of piperidine rings is 1. The van der Waals surface area contributed by atoms with E-state index in [1.54, 1.807) is 41.3 Å². The van der Waals surface area contributed by atoms with Crippen LogP contribution in [0, 0.1) is 11.3 Å². The number of anilines is 2. The Balaban J connectivity index is 1.36. The summed E-state index contributed by atoms with van der Waals surface area (Å²) in [6.45, 7) is 2.17. The van der Waals surface area contributed by atoms with Crippen molar-refractivity contribution in [1.29, 1.82) is 5.26 Å². The lowest BCUT2D eigenvalue weighted by Gasteiger charge is -2.33. The van der Waals surface area contributed by atoms with Gasteiger partial charge in [0.25, 0.3) is 0 Å². The molecule has 0 unspecified atom stereocenters. The molecule has 156 valence electrons. The maximum Gasteiger partial charge on any atom is 0.240 e. The van der Waals surface area contributed by atoms with E-state index in [0.717, 1.165) is 30.9 Å². The molecule has 2 aliphatic rings. The van der Waals surface area contributed by atoms with E-state index in [1.165, 1.54) is 0 Å². The number of sulfonamides is 1. The molecule has 30 heavy (non-hydrogen) atoms. The molecule has 0 aliphatic carbocycles. The summed E-state index contributed by atoms with van der Waals surface area (Å²) in [6.07, 6.45) is 2.80. The summed E-state index contributed by atoms with van der Waals surface area (Å²) in [5, 5.41) is 8.91. The van der Waals surface area contributed by atoms with Crippen LogP contribution < -0.4 is 14.5 Å². The van der Waals surface area contributed by atoms with Crippen molar-refractivity contribution in [1.82, 2.24) is 4.72 Å². The lowest BCUT2D eigenvalue weighted by atomic mass is 10.1. The van der Waals surface area contributed by atoms with Crippen molar-refractivity contribution in [3.05, 3.63) is 54.1 Å². The Kier molecular flexibility index (Phi) is 5.75. The molecule has 2 aromatic carbocycles. The molecule has 7 nitrogen and oxygen atoms in total. The van der Waals surface area contributed by atoms with Gasteiger partial charge in [-0.15, -0.1) is 0 Å². The second kappa shape index (κ2) is 8.46. The number of nitrogens with one attached hydrogen (secondary N) is 1. The van der Waals surface area contributed by atoms with E-state index < -0.39 is 10.0 Å². The van der Waals surface area contributed by atoms with E-state index >= 15 is 0 Å². The molecule has 0 spiro atoms. The van der Waals surface area contributed by atoms with Gasteiger partial charge in [0, 0.05) is 43.5 Å². The molecule has 1 amide bonds. The fourth-order valence-electron chi connectivity index (χ4n) is 4.02. The van der Waals surface area contributed by atoms with Crippen molar-refractivity contribution < 1.29 is 13.2 Å². The third kappa shape index (κ3) is 4.32. The Morgan fingerprint density at radius 2 is 1.57 bits per heavy atom. The highest BCUT2D eigenvalue weighted by Gasteiger charge is 2.26. The molecule has 2 saturated heterocycles. The fraction of sp³-hybridized carbons (Fsp3) is 0.364. The predicted molar refractivity (Wildman–Crippen MR) is 115 cm³/mol. The molecule has 2 fully saturated rings. The van der Waals surface area contributed by atoms with Gasteiger partial charge in [0.05, 0.1) is 16.5 Å². The van der Waals surface area contributed by atoms with Crippen LogP contribution in [0.1, 0.15) is 31.2 Å². The van der Waals surface area contributed by atoms with Crippen LogP contribution in [0.15, 0.2) is 53.4 Å². The van der Waals surface area contributed by atoms with E-state index in [2.05, 4.69) is 15.7 Å². The first-order chi connectivity index (χ1) is 14.5. The zero-order valence-corrected chi connectivity index (χ0v) is 17.4. The van der Waals surface area contributed by atoms with E-state index in [-0.39, 0.29) is 16.8 Å². The Morgan fingerprint density at radius 1 is 0.933 bits per heavy atom. The second-order valence-corrected chi connectivity index (χ2v) is 9.40. The van der Waals surface area contributed by atoms with Gasteiger partial charge in [-0.3, -0.25) is 4.79 Å². The van der Waals surface area contributed by atoms with Crippen LogP contribution in [-0.2, 0) is 14.8 Å². The zero-order chi connectivity index (χ0) is 21.1. The number of carbonyl (C=O) groups excluding carboxylic acids is 1. The van der Waals surface area contributed by atoms with Gasteiger partial charge in [-0.25, -0.2) is 13.1 Å². The predicted octanol–water partition coefficient (Wildman–Crippen LogP) is 2.63. The van der Waals surface area contributed by atoms with Crippen LogP contribution in [0.3, 0.4) is 0 Å². The van der Waals surface area contributed by atoms with Crippen molar-refractivity contribution in [2.24, 2.45) is 0 Å². The Hall–Kier alpha value is -2.89. The van der Waals surface area contributed by atoms with Gasteiger partial charge in [0.15, 0.2) is 0 Å². The van der Waals surface area contributed by atoms with E-state index in [4.69, 9.17) is 5.26 Å². The number of amides is 1. The highest BCUT2D eigenvalue weighted by molar-refractivity contribution is 7.89. The molecule has 0 bridgehead atoms. The third-order valence-corrected chi connectivity index (χ3v) is 7.25. The van der Waals surface area contributed by atoms with Crippen molar-refractivity contribution in [2.75, 3.05) is 29.4 Å². The minimum Gasteiger partial charge on any atom is -0.371 e. The van der Waals surface area contributed by atoms with Crippen molar-refractivity contribution in [2.45, 2.75) is 36.6 Å². The average Bonchev–Trinajstić information content (AvgIpc) is 3.20. The minimum atomic E-state index is -3.61. The smallest absolute Gasteiger partial charge is 0.240 e. The maximum atomic E-state index is 12.8. The number of rotatable bonds is 5. The van der Waals surface area contributed by atoms with Crippen LogP contribution in [0.4, 0.5) is 11.4 Å². The zero-order valence-electron chi connectivity index (χ0n) is 16.6. The normalized spacial score (nSPS) is 17.9. The number of carbonyl (C=O) groups is 1. The molecular weight excluding hydrogens is 400 g/mol. The molecule has 2 heterocycles. The highest BCUT2D eigenvalue weighted by Crippen LogP contribution is 2.24. The standard InChI is InChI=1S/C22H24N4O3S/c23-16-17-3-5-19(6-4-17)25-14-11-18(12-15-25)24-30(28,29)21-9-7-20(8-10-21)26-13-1-2-22(26)27/h3-10,18,24H,1-2,11-15H2. The highest BCUT2D eigenvalue weighted by atomic mass is 32.2. The van der Waals surface area contributed by atoms with Crippen LogP contribution in [-0.4, -0.2) is 40.0 Å². The Morgan fingerprint density at radius 3 is 2.13 bits per heavy atom. The largest absolute Gasteiger partial charge is 0.371 e. The fourth-order valence-corrected chi connectivity index (χ4v) is 5.32. The van der Waals surface area contributed by atoms with Crippen molar-refractivity contribution in [3.8, 4) is 6.07 Å². The first-order valence-corrected chi connectivity index (χ1v) is 11.6. The topological polar surface area (TPSA) is 93.5 Å². The number of hydrogen-bond donors (Lipinski definition) is 1. The second-order valence-electron chi connectivity index (χ2n) is 7.68. The summed E-state index contributed by atoms with van der Waals surface area (Å²) < 4.78 is 28.4. The van der Waals surface area contributed by atoms with Gasteiger partial charge in [-0.1, -0.05) is 0 Å². The van der Waals surface area contributed by atoms with Crippen LogP contribution >= 0.6 is 0 Å². The Bertz CT molecular complexity index is 1050. The van der Waals surface area contributed by atoms with Gasteiger partial charge in [0.1, 0.15) is 0 Å². The summed E-state index contributed by atoms with van der Waals surface area (Å²) in [5.41, 5.74) is 2.41. The molecule has 0 radical (unpaired) electrons. The van der Waals surface area contributed by atoms with Crippen molar-refractivity contribution in [3.63, 3.8) is 0 Å². The summed E-state index contributed by atoms with van der Waals surface area (Å²) in [5.74, 6) is 0.0813. The third-order valence-electron chi connectivity index (χ3n) is 5.71. The number of nitrogens with zero attached hydrogens (tertiary/aromatic N) is 3. The van der Waals surface area contributed by atoms with E-state index in [9.17, 15) is 13.2 Å². The molecule has 0 aromatic heterocycles. The number of hydrogen-bond acceptors (Lipinski definition) is 5. The molecule has 1 N–H and O–H groups in total. The maximum absolute atomic E-state index is 12.8. The molecule has 2 aromatic rings. The number of benzene rings is 2. The molecule has 4 rings (SSSR count). The monoisotopic (exact) mass is 424 g/mol. The quantitative estimate of drug-likeness (QED) is 0.796. The van der Waals surface area contributed by atoms with Crippen LogP contribution in [0.5, 0.6) is 0 Å². The summed E-state index contributed by atoms with van der Waals surface area (Å²) in [4.78, 5) is 16.0. The van der Waals surface area contributed by atoms with E-state index in [1.807, 2.05) is 12.1 Å². The lowest BCUT2D eigenvalue weighted by Crippen LogP contribution is -2.44. The van der Waals surface area contributed by atoms with Gasteiger partial charge in [-0.05, 0) is 67.8 Å². The lowest BCUT2D eigenvalue weighted by molar-refractivity contribution is -0.117. The van der Waals surface area contributed by atoms with Gasteiger partial charge in [-0.2, -0.15) is 5.26 Å². The molecule has 2 aliphatic heterocycles. The molecule has 0 saturated carbocycles. The van der Waals surface area contributed by atoms with Gasteiger partial charge >= 0.3 is 0 Å². The van der Waals surface area contributed by atoms with Crippen LogP contribution in [0.2, 0.25) is 0 Å². The van der Waals surface area contributed by atoms with E-state index in [0.29, 0.717) is 31.4 Å².